The highest BCUT2D eigenvalue weighted by atomic mass is 32.2. The molecule has 0 radical (unpaired) electrons. The molecule has 1 unspecified atom stereocenters. The Morgan fingerprint density at radius 2 is 2.00 bits per heavy atom. The second kappa shape index (κ2) is 7.96. The fraction of sp³-hybridized carbons (Fsp3) is 0.562. The van der Waals surface area contributed by atoms with E-state index < -0.39 is 4.92 Å². The number of carbonyl (C=O) groups is 1. The molecule has 0 bridgehead atoms. The summed E-state index contributed by atoms with van der Waals surface area (Å²) in [6.07, 6.45) is 1.80. The number of nitro groups is 1. The molecule has 1 aromatic carbocycles. The molecule has 0 aromatic heterocycles. The Morgan fingerprint density at radius 3 is 2.67 bits per heavy atom. The van der Waals surface area contributed by atoms with E-state index in [0.717, 1.165) is 24.3 Å². The van der Waals surface area contributed by atoms with E-state index in [1.54, 1.807) is 12.1 Å². The molecular formula is C16H20N2O5S. The van der Waals surface area contributed by atoms with E-state index in [2.05, 4.69) is 0 Å². The zero-order valence-corrected chi connectivity index (χ0v) is 14.1. The molecule has 8 heteroatoms. The first-order valence-electron chi connectivity index (χ1n) is 8.02. The van der Waals surface area contributed by atoms with Crippen LogP contribution in [0.5, 0.6) is 0 Å². The van der Waals surface area contributed by atoms with Crippen LogP contribution in [0.4, 0.5) is 5.69 Å². The van der Waals surface area contributed by atoms with E-state index in [1.807, 2.05) is 4.90 Å². The van der Waals surface area contributed by atoms with Gasteiger partial charge in [0.2, 0.25) is 5.91 Å². The summed E-state index contributed by atoms with van der Waals surface area (Å²) >= 11 is 1.40. The lowest BCUT2D eigenvalue weighted by Gasteiger charge is -2.34. The number of ether oxygens (including phenoxy) is 2. The number of nitro benzene ring substituents is 1. The molecule has 2 aliphatic rings. The first-order chi connectivity index (χ1) is 11.6. The Labute approximate surface area is 144 Å². The van der Waals surface area contributed by atoms with Gasteiger partial charge in [-0.25, -0.2) is 0 Å². The molecule has 1 amide bonds. The Morgan fingerprint density at radius 1 is 1.29 bits per heavy atom. The summed E-state index contributed by atoms with van der Waals surface area (Å²) in [6, 6.07) is 6.27. The van der Waals surface area contributed by atoms with E-state index >= 15 is 0 Å². The molecule has 130 valence electrons. The van der Waals surface area contributed by atoms with Crippen molar-refractivity contribution in [1.29, 1.82) is 0 Å². The zero-order valence-electron chi connectivity index (χ0n) is 13.3. The second-order valence-corrected chi connectivity index (χ2v) is 6.94. The van der Waals surface area contributed by atoms with Gasteiger partial charge in [-0.2, -0.15) is 0 Å². The summed E-state index contributed by atoms with van der Waals surface area (Å²) in [5.74, 6) is 0.660. The van der Waals surface area contributed by atoms with Crippen LogP contribution in [0.15, 0.2) is 29.2 Å². The van der Waals surface area contributed by atoms with Gasteiger partial charge in [-0.05, 0) is 25.0 Å². The van der Waals surface area contributed by atoms with Gasteiger partial charge in [0, 0.05) is 36.0 Å². The quantitative estimate of drug-likeness (QED) is 0.459. The fourth-order valence-electron chi connectivity index (χ4n) is 3.01. The third-order valence-corrected chi connectivity index (χ3v) is 5.25. The molecule has 1 atom stereocenters. The van der Waals surface area contributed by atoms with Gasteiger partial charge >= 0.3 is 0 Å². The van der Waals surface area contributed by atoms with Gasteiger partial charge in [-0.3, -0.25) is 14.9 Å². The topological polar surface area (TPSA) is 81.9 Å². The minimum Gasteiger partial charge on any atom is -0.350 e. The van der Waals surface area contributed by atoms with Crippen LogP contribution in [-0.4, -0.2) is 54.1 Å². The van der Waals surface area contributed by atoms with Crippen molar-refractivity contribution in [3.8, 4) is 0 Å². The van der Waals surface area contributed by atoms with E-state index in [-0.39, 0.29) is 23.8 Å². The standard InChI is InChI=1S/C16H20N2O5S/c19-15(11-24-14-5-3-13(4-6-14)18(20)21)17-7-1-2-12(10-17)16-22-8-9-23-16/h3-6,12,16H,1-2,7-11H2. The predicted octanol–water partition coefficient (Wildman–Crippen LogP) is 2.30. The Kier molecular flexibility index (Phi) is 5.70. The predicted molar refractivity (Wildman–Crippen MR) is 88.8 cm³/mol. The lowest BCUT2D eigenvalue weighted by molar-refractivity contribution is -0.384. The lowest BCUT2D eigenvalue weighted by Crippen LogP contribution is -2.44. The average Bonchev–Trinajstić information content (AvgIpc) is 3.15. The van der Waals surface area contributed by atoms with Crippen molar-refractivity contribution in [1.82, 2.24) is 4.90 Å². The van der Waals surface area contributed by atoms with Crippen molar-refractivity contribution in [2.75, 3.05) is 32.1 Å². The molecule has 1 aromatic rings. The monoisotopic (exact) mass is 352 g/mol. The molecule has 2 heterocycles. The minimum atomic E-state index is -0.430. The number of rotatable bonds is 5. The Bertz CT molecular complexity index is 589. The largest absolute Gasteiger partial charge is 0.350 e. The van der Waals surface area contributed by atoms with Crippen molar-refractivity contribution in [2.45, 2.75) is 24.0 Å². The summed E-state index contributed by atoms with van der Waals surface area (Å²) < 4.78 is 11.1. The second-order valence-electron chi connectivity index (χ2n) is 5.89. The van der Waals surface area contributed by atoms with Crippen LogP contribution < -0.4 is 0 Å². The molecule has 0 N–H and O–H groups in total. The van der Waals surface area contributed by atoms with Crippen LogP contribution in [0.2, 0.25) is 0 Å². The van der Waals surface area contributed by atoms with Crippen molar-refractivity contribution in [3.63, 3.8) is 0 Å². The highest BCUT2D eigenvalue weighted by Crippen LogP contribution is 2.26. The van der Waals surface area contributed by atoms with Gasteiger partial charge in [-0.15, -0.1) is 11.8 Å². The van der Waals surface area contributed by atoms with Crippen LogP contribution in [0.1, 0.15) is 12.8 Å². The normalized spacial score (nSPS) is 21.8. The molecule has 2 aliphatic heterocycles. The maximum absolute atomic E-state index is 12.4. The smallest absolute Gasteiger partial charge is 0.269 e. The summed E-state index contributed by atoms with van der Waals surface area (Å²) in [6.45, 7) is 2.70. The van der Waals surface area contributed by atoms with Crippen LogP contribution in [0.3, 0.4) is 0 Å². The van der Waals surface area contributed by atoms with Crippen molar-refractivity contribution >= 4 is 23.4 Å². The van der Waals surface area contributed by atoms with Gasteiger partial charge in [0.1, 0.15) is 0 Å². The lowest BCUT2D eigenvalue weighted by atomic mass is 9.97. The SMILES string of the molecule is O=C(CSc1ccc([N+](=O)[O-])cc1)N1CCCC(C2OCCO2)C1. The first kappa shape index (κ1) is 17.2. The molecule has 24 heavy (non-hydrogen) atoms. The molecule has 2 fully saturated rings. The van der Waals surface area contributed by atoms with Gasteiger partial charge in [0.15, 0.2) is 6.29 Å². The van der Waals surface area contributed by atoms with Crippen LogP contribution >= 0.6 is 11.8 Å². The fourth-order valence-corrected chi connectivity index (χ4v) is 3.81. The third-order valence-electron chi connectivity index (χ3n) is 4.25. The number of carbonyl (C=O) groups excluding carboxylic acids is 1. The Hall–Kier alpha value is -1.64. The van der Waals surface area contributed by atoms with Crippen LogP contribution in [-0.2, 0) is 14.3 Å². The van der Waals surface area contributed by atoms with Gasteiger partial charge < -0.3 is 14.4 Å². The van der Waals surface area contributed by atoms with E-state index in [9.17, 15) is 14.9 Å². The summed E-state index contributed by atoms with van der Waals surface area (Å²) in [7, 11) is 0. The molecule has 0 aliphatic carbocycles. The molecule has 0 saturated carbocycles. The number of non-ortho nitro benzene ring substituents is 1. The van der Waals surface area contributed by atoms with Gasteiger partial charge in [0.25, 0.3) is 5.69 Å². The highest BCUT2D eigenvalue weighted by Gasteiger charge is 2.32. The number of hydrogen-bond acceptors (Lipinski definition) is 6. The molecular weight excluding hydrogens is 332 g/mol. The summed E-state index contributed by atoms with van der Waals surface area (Å²) in [5.41, 5.74) is 0.0566. The first-order valence-corrected chi connectivity index (χ1v) is 9.00. The van der Waals surface area contributed by atoms with Crippen molar-refractivity contribution in [2.24, 2.45) is 5.92 Å². The number of piperidine rings is 1. The average molecular weight is 352 g/mol. The number of thioether (sulfide) groups is 1. The van der Waals surface area contributed by atoms with E-state index in [4.69, 9.17) is 9.47 Å². The summed E-state index contributed by atoms with van der Waals surface area (Å²) in [5, 5.41) is 10.6. The number of amides is 1. The van der Waals surface area contributed by atoms with Crippen molar-refractivity contribution in [3.05, 3.63) is 34.4 Å². The minimum absolute atomic E-state index is 0.0566. The highest BCUT2D eigenvalue weighted by molar-refractivity contribution is 8.00. The maximum atomic E-state index is 12.4. The third kappa shape index (κ3) is 4.25. The summed E-state index contributed by atoms with van der Waals surface area (Å²) in [4.78, 5) is 25.4. The molecule has 3 rings (SSSR count). The van der Waals surface area contributed by atoms with Crippen LogP contribution in [0.25, 0.3) is 0 Å². The number of hydrogen-bond donors (Lipinski definition) is 0. The van der Waals surface area contributed by atoms with E-state index in [1.165, 1.54) is 23.9 Å². The number of likely N-dealkylation sites (tertiary alicyclic amines) is 1. The molecule has 2 saturated heterocycles. The van der Waals surface area contributed by atoms with E-state index in [0.29, 0.717) is 25.5 Å². The van der Waals surface area contributed by atoms with Crippen molar-refractivity contribution < 1.29 is 19.2 Å². The van der Waals surface area contributed by atoms with Gasteiger partial charge in [-0.1, -0.05) is 0 Å². The van der Waals surface area contributed by atoms with Gasteiger partial charge in [0.05, 0.1) is 23.9 Å². The van der Waals surface area contributed by atoms with Crippen LogP contribution in [0, 0.1) is 16.0 Å². The molecule has 0 spiro atoms. The maximum Gasteiger partial charge on any atom is 0.269 e. The number of nitrogens with zero attached hydrogens (tertiary/aromatic N) is 2. The Balaban J connectivity index is 1.49. The zero-order chi connectivity index (χ0) is 16.9. The number of benzene rings is 1. The molecule has 7 nitrogen and oxygen atoms in total.